The summed E-state index contributed by atoms with van der Waals surface area (Å²) in [5.74, 6) is 1.34. The molecule has 0 spiro atoms. The normalized spacial score (nSPS) is 19.4. The smallest absolute Gasteiger partial charge is 0.220 e. The molecule has 0 saturated heterocycles. The first-order valence-electron chi connectivity index (χ1n) is 9.64. The molecule has 3 unspecified atom stereocenters. The van der Waals surface area contributed by atoms with Gasteiger partial charge in [-0.25, -0.2) is 4.68 Å². The van der Waals surface area contributed by atoms with Gasteiger partial charge in [-0.15, -0.1) is 0 Å². The summed E-state index contributed by atoms with van der Waals surface area (Å²) in [7, 11) is 0. The number of hydrogen-bond donors (Lipinski definition) is 1. The van der Waals surface area contributed by atoms with Gasteiger partial charge in [0.25, 0.3) is 0 Å². The maximum Gasteiger partial charge on any atom is 0.220 e. The molecule has 0 bridgehead atoms. The second-order valence-corrected chi connectivity index (χ2v) is 7.46. The molecule has 27 heavy (non-hydrogen) atoms. The van der Waals surface area contributed by atoms with Crippen molar-refractivity contribution in [3.8, 4) is 5.69 Å². The molecule has 1 aliphatic carbocycles. The van der Waals surface area contributed by atoms with Crippen molar-refractivity contribution >= 4 is 5.91 Å². The lowest BCUT2D eigenvalue weighted by Crippen LogP contribution is -2.30. The van der Waals surface area contributed by atoms with E-state index in [4.69, 9.17) is 0 Å². The van der Waals surface area contributed by atoms with E-state index in [1.807, 2.05) is 65.6 Å². The van der Waals surface area contributed by atoms with Crippen molar-refractivity contribution in [3.63, 3.8) is 0 Å². The van der Waals surface area contributed by atoms with E-state index in [9.17, 15) is 4.79 Å². The van der Waals surface area contributed by atoms with E-state index >= 15 is 0 Å². The van der Waals surface area contributed by atoms with Gasteiger partial charge >= 0.3 is 0 Å². The fourth-order valence-corrected chi connectivity index (χ4v) is 3.63. The first-order valence-corrected chi connectivity index (χ1v) is 9.64. The number of benzene rings is 2. The summed E-state index contributed by atoms with van der Waals surface area (Å²) >= 11 is 0. The van der Waals surface area contributed by atoms with Gasteiger partial charge in [-0.1, -0.05) is 55.5 Å². The van der Waals surface area contributed by atoms with Crippen LogP contribution in [0.1, 0.15) is 36.9 Å². The van der Waals surface area contributed by atoms with Crippen molar-refractivity contribution in [1.29, 1.82) is 0 Å². The number of rotatable bonds is 7. The molecule has 3 atom stereocenters. The van der Waals surface area contributed by atoms with Crippen LogP contribution in [0.4, 0.5) is 0 Å². The molecule has 4 nitrogen and oxygen atoms in total. The van der Waals surface area contributed by atoms with Crippen molar-refractivity contribution in [1.82, 2.24) is 15.1 Å². The van der Waals surface area contributed by atoms with Crippen LogP contribution in [-0.4, -0.2) is 15.7 Å². The Balaban J connectivity index is 1.36. The quantitative estimate of drug-likeness (QED) is 0.683. The number of hydrogen-bond acceptors (Lipinski definition) is 2. The second-order valence-electron chi connectivity index (χ2n) is 7.46. The van der Waals surface area contributed by atoms with Gasteiger partial charge < -0.3 is 5.32 Å². The molecule has 0 radical (unpaired) electrons. The summed E-state index contributed by atoms with van der Waals surface area (Å²) in [6, 6.07) is 20.5. The molecule has 3 aromatic rings. The molecule has 1 saturated carbocycles. The van der Waals surface area contributed by atoms with Crippen LogP contribution in [0.5, 0.6) is 0 Å². The molecule has 1 aliphatic rings. The van der Waals surface area contributed by atoms with E-state index in [1.54, 1.807) is 0 Å². The largest absolute Gasteiger partial charge is 0.349 e. The predicted octanol–water partition coefficient (Wildman–Crippen LogP) is 4.32. The Morgan fingerprint density at radius 1 is 1.15 bits per heavy atom. The molecule has 1 amide bonds. The third-order valence-electron chi connectivity index (χ3n) is 5.37. The van der Waals surface area contributed by atoms with Gasteiger partial charge in [-0.2, -0.15) is 5.10 Å². The Morgan fingerprint density at radius 3 is 2.48 bits per heavy atom. The van der Waals surface area contributed by atoms with Gasteiger partial charge in [-0.3, -0.25) is 4.79 Å². The lowest BCUT2D eigenvalue weighted by molar-refractivity contribution is -0.122. The minimum atomic E-state index is 0.107. The highest BCUT2D eigenvalue weighted by Gasteiger charge is 2.40. The number of amides is 1. The van der Waals surface area contributed by atoms with Gasteiger partial charge in [0, 0.05) is 12.6 Å². The van der Waals surface area contributed by atoms with Crippen LogP contribution in [0.15, 0.2) is 73.1 Å². The second kappa shape index (κ2) is 7.78. The van der Waals surface area contributed by atoms with Crippen molar-refractivity contribution < 1.29 is 4.79 Å². The first kappa shape index (κ1) is 17.5. The summed E-state index contributed by atoms with van der Waals surface area (Å²) in [6.07, 6.45) is 6.20. The molecule has 138 valence electrons. The Hall–Kier alpha value is -2.88. The van der Waals surface area contributed by atoms with Gasteiger partial charge in [-0.05, 0) is 47.9 Å². The molecule has 1 heterocycles. The molecule has 1 N–H and O–H groups in total. The van der Waals surface area contributed by atoms with E-state index in [1.165, 1.54) is 12.0 Å². The minimum absolute atomic E-state index is 0.107. The summed E-state index contributed by atoms with van der Waals surface area (Å²) in [5, 5.41) is 7.67. The van der Waals surface area contributed by atoms with Crippen LogP contribution in [-0.2, 0) is 11.2 Å². The Labute approximate surface area is 160 Å². The molecular formula is C23H25N3O. The Morgan fingerprint density at radius 2 is 1.81 bits per heavy atom. The predicted molar refractivity (Wildman–Crippen MR) is 106 cm³/mol. The number of aryl methyl sites for hydroxylation is 1. The van der Waals surface area contributed by atoms with Gasteiger partial charge in [0.1, 0.15) is 0 Å². The Kier molecular flexibility index (Phi) is 5.05. The van der Waals surface area contributed by atoms with E-state index in [2.05, 4.69) is 29.5 Å². The van der Waals surface area contributed by atoms with Crippen LogP contribution in [0.3, 0.4) is 0 Å². The van der Waals surface area contributed by atoms with Crippen molar-refractivity contribution in [2.24, 2.45) is 11.8 Å². The van der Waals surface area contributed by atoms with Crippen LogP contribution >= 0.6 is 0 Å². The van der Waals surface area contributed by atoms with Crippen LogP contribution < -0.4 is 5.32 Å². The maximum atomic E-state index is 12.6. The standard InChI is InChI=1S/C23H25N3O/c1-17-14-21(17)23(19-8-4-2-5-9-19)25-22(27)13-12-18-15-24-26(16-18)20-10-6-3-7-11-20/h2-11,15-17,21,23H,12-14H2,1H3,(H,25,27). The summed E-state index contributed by atoms with van der Waals surface area (Å²) in [6.45, 7) is 2.25. The maximum absolute atomic E-state index is 12.6. The molecular weight excluding hydrogens is 334 g/mol. The summed E-state index contributed by atoms with van der Waals surface area (Å²) in [4.78, 5) is 12.6. The molecule has 1 fully saturated rings. The van der Waals surface area contributed by atoms with Crippen LogP contribution in [0.2, 0.25) is 0 Å². The lowest BCUT2D eigenvalue weighted by atomic mass is 10.0. The lowest BCUT2D eigenvalue weighted by Gasteiger charge is -2.19. The molecule has 4 rings (SSSR count). The monoisotopic (exact) mass is 359 g/mol. The third-order valence-corrected chi connectivity index (χ3v) is 5.37. The number of carbonyl (C=O) groups excluding carboxylic acids is 1. The average Bonchev–Trinajstić information content (AvgIpc) is 3.24. The fraction of sp³-hybridized carbons (Fsp3) is 0.304. The number of carbonyl (C=O) groups is 1. The fourth-order valence-electron chi connectivity index (χ4n) is 3.63. The van der Waals surface area contributed by atoms with E-state index in [0.717, 1.165) is 11.3 Å². The van der Waals surface area contributed by atoms with E-state index < -0.39 is 0 Å². The average molecular weight is 359 g/mol. The van der Waals surface area contributed by atoms with Crippen molar-refractivity contribution in [3.05, 3.63) is 84.2 Å². The van der Waals surface area contributed by atoms with Gasteiger partial charge in [0.05, 0.1) is 17.9 Å². The highest BCUT2D eigenvalue weighted by atomic mass is 16.1. The summed E-state index contributed by atoms with van der Waals surface area (Å²) in [5.41, 5.74) is 3.31. The first-order chi connectivity index (χ1) is 13.2. The van der Waals surface area contributed by atoms with E-state index in [0.29, 0.717) is 24.7 Å². The van der Waals surface area contributed by atoms with Crippen LogP contribution in [0, 0.1) is 11.8 Å². The minimum Gasteiger partial charge on any atom is -0.349 e. The molecule has 1 aromatic heterocycles. The Bertz CT molecular complexity index is 888. The summed E-state index contributed by atoms with van der Waals surface area (Å²) < 4.78 is 1.85. The zero-order valence-corrected chi connectivity index (χ0v) is 15.6. The number of nitrogens with one attached hydrogen (secondary N) is 1. The number of nitrogens with zero attached hydrogens (tertiary/aromatic N) is 2. The van der Waals surface area contributed by atoms with Crippen LogP contribution in [0.25, 0.3) is 5.69 Å². The van der Waals surface area contributed by atoms with Crippen molar-refractivity contribution in [2.45, 2.75) is 32.2 Å². The third kappa shape index (κ3) is 4.27. The molecule has 4 heteroatoms. The zero-order chi connectivity index (χ0) is 18.6. The van der Waals surface area contributed by atoms with E-state index in [-0.39, 0.29) is 11.9 Å². The highest BCUT2D eigenvalue weighted by molar-refractivity contribution is 5.76. The topological polar surface area (TPSA) is 46.9 Å². The zero-order valence-electron chi connectivity index (χ0n) is 15.6. The molecule has 2 aromatic carbocycles. The molecule has 0 aliphatic heterocycles. The SMILES string of the molecule is CC1CC1C(NC(=O)CCc1cnn(-c2ccccc2)c1)c1ccccc1. The van der Waals surface area contributed by atoms with Gasteiger partial charge in [0.2, 0.25) is 5.91 Å². The van der Waals surface area contributed by atoms with Gasteiger partial charge in [0.15, 0.2) is 0 Å². The van der Waals surface area contributed by atoms with Crippen molar-refractivity contribution in [2.75, 3.05) is 0 Å². The highest BCUT2D eigenvalue weighted by Crippen LogP contribution is 2.46. The number of aromatic nitrogens is 2. The number of para-hydroxylation sites is 1.